The van der Waals surface area contributed by atoms with Crippen LogP contribution in [0.5, 0.6) is 0 Å². The number of hydrogen-bond acceptors (Lipinski definition) is 4. The summed E-state index contributed by atoms with van der Waals surface area (Å²) in [4.78, 5) is 7.01. The highest BCUT2D eigenvalue weighted by Gasteiger charge is 2.13. The number of pyridine rings is 1. The summed E-state index contributed by atoms with van der Waals surface area (Å²) in [6, 6.07) is 18.8. The van der Waals surface area contributed by atoms with Crippen molar-refractivity contribution < 1.29 is 4.57 Å². The number of fused-ring (bicyclic) bond motifs is 1. The number of thiophene rings is 1. The van der Waals surface area contributed by atoms with E-state index in [2.05, 4.69) is 70.5 Å². The van der Waals surface area contributed by atoms with Gasteiger partial charge in [0.1, 0.15) is 17.6 Å². The zero-order valence-corrected chi connectivity index (χ0v) is 15.7. The second-order valence-electron chi connectivity index (χ2n) is 5.66. The van der Waals surface area contributed by atoms with Crippen molar-refractivity contribution >= 4 is 50.9 Å². The molecular weight excluding hydrogens is 346 g/mol. The van der Waals surface area contributed by atoms with Crippen LogP contribution in [-0.4, -0.2) is 12.0 Å². The van der Waals surface area contributed by atoms with Crippen molar-refractivity contribution in [3.63, 3.8) is 0 Å². The molecule has 1 N–H and O–H groups in total. The van der Waals surface area contributed by atoms with E-state index in [0.717, 1.165) is 11.5 Å². The summed E-state index contributed by atoms with van der Waals surface area (Å²) >= 11 is 3.57. The Bertz CT molecular complexity index is 1060. The topological polar surface area (TPSA) is 28.8 Å². The van der Waals surface area contributed by atoms with Crippen molar-refractivity contribution in [1.82, 2.24) is 4.98 Å². The van der Waals surface area contributed by atoms with Gasteiger partial charge in [0, 0.05) is 24.1 Å². The lowest BCUT2D eigenvalue weighted by Crippen LogP contribution is -2.28. The predicted molar refractivity (Wildman–Crippen MR) is 109 cm³/mol. The molecule has 25 heavy (non-hydrogen) atoms. The zero-order chi connectivity index (χ0) is 17.2. The second-order valence-corrected chi connectivity index (χ2v) is 7.84. The molecule has 0 aliphatic carbocycles. The molecule has 124 valence electrons. The monoisotopic (exact) mass is 364 g/mol. The number of nitrogens with zero attached hydrogens (tertiary/aromatic N) is 2. The molecule has 5 heteroatoms. The van der Waals surface area contributed by atoms with Gasteiger partial charge in [0.15, 0.2) is 0 Å². The van der Waals surface area contributed by atoms with Gasteiger partial charge in [0.25, 0.3) is 5.01 Å². The van der Waals surface area contributed by atoms with E-state index in [1.807, 2.05) is 36.6 Å². The van der Waals surface area contributed by atoms with Crippen LogP contribution in [0.15, 0.2) is 54.6 Å². The Hall–Kier alpha value is -2.50. The minimum Gasteiger partial charge on any atom is -0.373 e. The summed E-state index contributed by atoms with van der Waals surface area (Å²) in [6.45, 7) is 0. The third kappa shape index (κ3) is 3.21. The molecule has 0 fully saturated rings. The lowest BCUT2D eigenvalue weighted by molar-refractivity contribution is -0.642. The van der Waals surface area contributed by atoms with Gasteiger partial charge in [0.2, 0.25) is 5.52 Å². The molecule has 0 aliphatic rings. The van der Waals surface area contributed by atoms with Gasteiger partial charge in [-0.05, 0) is 36.4 Å². The van der Waals surface area contributed by atoms with Crippen molar-refractivity contribution in [2.45, 2.75) is 0 Å². The summed E-state index contributed by atoms with van der Waals surface area (Å²) in [5, 5.41) is 4.33. The first-order chi connectivity index (χ1) is 12.2. The Labute approximate surface area is 154 Å². The minimum atomic E-state index is 0.889. The van der Waals surface area contributed by atoms with Gasteiger partial charge in [-0.25, -0.2) is 4.98 Å². The lowest BCUT2D eigenvalue weighted by atomic mass is 10.3. The number of thiazole rings is 1. The molecule has 0 bridgehead atoms. The van der Waals surface area contributed by atoms with Gasteiger partial charge in [-0.3, -0.25) is 0 Å². The minimum absolute atomic E-state index is 0.889. The fourth-order valence-corrected chi connectivity index (χ4v) is 4.64. The average molecular weight is 365 g/mol. The molecule has 0 aliphatic heterocycles. The molecular formula is C20H18N3S2+. The average Bonchev–Trinajstić information content (AvgIpc) is 3.25. The van der Waals surface area contributed by atoms with Crippen molar-refractivity contribution in [2.75, 3.05) is 12.4 Å². The first-order valence-electron chi connectivity index (χ1n) is 8.05. The maximum absolute atomic E-state index is 4.61. The zero-order valence-electron chi connectivity index (χ0n) is 14.1. The third-order valence-corrected chi connectivity index (χ3v) is 6.30. The number of aromatic nitrogens is 2. The number of benzene rings is 1. The highest BCUT2D eigenvalue weighted by atomic mass is 32.1. The number of para-hydroxylation sites is 1. The molecule has 0 saturated carbocycles. The van der Waals surface area contributed by atoms with Gasteiger partial charge in [0.05, 0.1) is 10.6 Å². The number of nitrogens with one attached hydrogen (secondary N) is 1. The van der Waals surface area contributed by atoms with Crippen LogP contribution in [0.3, 0.4) is 0 Å². The molecule has 0 amide bonds. The van der Waals surface area contributed by atoms with E-state index in [1.165, 1.54) is 25.0 Å². The summed E-state index contributed by atoms with van der Waals surface area (Å²) in [6.07, 6.45) is 4.37. The van der Waals surface area contributed by atoms with Crippen LogP contribution < -0.4 is 9.88 Å². The summed E-state index contributed by atoms with van der Waals surface area (Å²) < 4.78 is 3.55. The standard InChI is InChI=1S/C20H18N3S2/c1-21-19-9-5-6-15(22-19)17-12-10-14(24-17)11-13-20-23(2)16-7-3-4-8-18(16)25-20/h3-13H,1-2H3,(H,21,22)/q+1/b13-11+. The molecule has 4 rings (SSSR count). The Morgan fingerprint density at radius 2 is 1.84 bits per heavy atom. The molecule has 0 unspecified atom stereocenters. The van der Waals surface area contributed by atoms with Gasteiger partial charge in [-0.2, -0.15) is 4.57 Å². The third-order valence-electron chi connectivity index (χ3n) is 4.05. The van der Waals surface area contributed by atoms with Crippen molar-refractivity contribution in [2.24, 2.45) is 7.05 Å². The fourth-order valence-electron chi connectivity index (χ4n) is 2.71. The quantitative estimate of drug-likeness (QED) is 0.513. The molecule has 3 heterocycles. The van der Waals surface area contributed by atoms with E-state index in [9.17, 15) is 0 Å². The summed E-state index contributed by atoms with van der Waals surface area (Å²) in [7, 11) is 4.01. The van der Waals surface area contributed by atoms with Gasteiger partial charge < -0.3 is 5.32 Å². The smallest absolute Gasteiger partial charge is 0.262 e. The number of hydrogen-bond donors (Lipinski definition) is 1. The molecule has 1 aromatic carbocycles. The van der Waals surface area contributed by atoms with Gasteiger partial charge in [-0.1, -0.05) is 29.5 Å². The summed E-state index contributed by atoms with van der Waals surface area (Å²) in [5.74, 6) is 0.889. The summed E-state index contributed by atoms with van der Waals surface area (Å²) in [5.41, 5.74) is 2.27. The first kappa shape index (κ1) is 16.0. The van der Waals surface area contributed by atoms with Crippen LogP contribution in [0.1, 0.15) is 9.88 Å². The van der Waals surface area contributed by atoms with Crippen molar-refractivity contribution in [1.29, 1.82) is 0 Å². The van der Waals surface area contributed by atoms with Crippen LogP contribution in [0.2, 0.25) is 0 Å². The van der Waals surface area contributed by atoms with E-state index in [-0.39, 0.29) is 0 Å². The highest BCUT2D eigenvalue weighted by molar-refractivity contribution is 7.19. The Kier molecular flexibility index (Phi) is 4.34. The maximum Gasteiger partial charge on any atom is 0.262 e. The number of aryl methyl sites for hydroxylation is 1. The van der Waals surface area contributed by atoms with E-state index in [1.54, 1.807) is 11.3 Å². The molecule has 0 spiro atoms. The van der Waals surface area contributed by atoms with Crippen LogP contribution in [0.4, 0.5) is 5.82 Å². The van der Waals surface area contributed by atoms with Crippen LogP contribution >= 0.6 is 22.7 Å². The maximum atomic E-state index is 4.61. The second kappa shape index (κ2) is 6.78. The van der Waals surface area contributed by atoms with Crippen LogP contribution in [-0.2, 0) is 7.05 Å². The van der Waals surface area contributed by atoms with Crippen molar-refractivity contribution in [3.8, 4) is 10.6 Å². The molecule has 0 saturated heterocycles. The Morgan fingerprint density at radius 1 is 0.960 bits per heavy atom. The van der Waals surface area contributed by atoms with Crippen LogP contribution in [0.25, 0.3) is 32.9 Å². The fraction of sp³-hybridized carbons (Fsp3) is 0.100. The molecule has 0 radical (unpaired) electrons. The molecule has 3 nitrogen and oxygen atoms in total. The van der Waals surface area contributed by atoms with Crippen LogP contribution in [0, 0.1) is 0 Å². The molecule has 0 atom stereocenters. The molecule has 3 aromatic heterocycles. The van der Waals surface area contributed by atoms with E-state index in [4.69, 9.17) is 0 Å². The van der Waals surface area contributed by atoms with Crippen molar-refractivity contribution in [3.05, 3.63) is 64.5 Å². The normalized spacial score (nSPS) is 11.4. The highest BCUT2D eigenvalue weighted by Crippen LogP contribution is 2.29. The Balaban J connectivity index is 1.61. The SMILES string of the molecule is CNc1cccc(-c2ccc(/C=C/c3sc4ccccc4[n+]3C)s2)n1. The number of anilines is 1. The van der Waals surface area contributed by atoms with E-state index < -0.39 is 0 Å². The molecule has 4 aromatic rings. The van der Waals surface area contributed by atoms with E-state index >= 15 is 0 Å². The predicted octanol–water partition coefficient (Wildman–Crippen LogP) is 5.06. The van der Waals surface area contributed by atoms with Gasteiger partial charge in [-0.15, -0.1) is 11.3 Å². The Morgan fingerprint density at radius 3 is 2.68 bits per heavy atom. The first-order valence-corrected chi connectivity index (χ1v) is 9.68. The van der Waals surface area contributed by atoms with E-state index in [0.29, 0.717) is 0 Å². The van der Waals surface area contributed by atoms with Gasteiger partial charge >= 0.3 is 0 Å². The largest absolute Gasteiger partial charge is 0.373 e. The number of rotatable bonds is 4. The lowest BCUT2D eigenvalue weighted by Gasteiger charge is -2.00.